The number of allylic oxidation sites excluding steroid dienone is 1. The molecule has 2 heterocycles. The predicted molar refractivity (Wildman–Crippen MR) is 121 cm³/mol. The maximum atomic E-state index is 12.8. The molecule has 0 unspecified atom stereocenters. The molecule has 1 atom stereocenters. The molecule has 0 amide bonds. The van der Waals surface area contributed by atoms with Gasteiger partial charge in [0.2, 0.25) is 0 Å². The largest absolute Gasteiger partial charge is 0.496 e. The van der Waals surface area contributed by atoms with Crippen LogP contribution in [0.1, 0.15) is 24.1 Å². The van der Waals surface area contributed by atoms with Gasteiger partial charge in [-0.15, -0.1) is 0 Å². The van der Waals surface area contributed by atoms with Crippen molar-refractivity contribution in [2.45, 2.75) is 19.9 Å². The predicted octanol–water partition coefficient (Wildman–Crippen LogP) is 3.66. The fourth-order valence-electron chi connectivity index (χ4n) is 3.93. The molecule has 2 aromatic rings. The van der Waals surface area contributed by atoms with Crippen LogP contribution >= 0.6 is 12.2 Å². The number of ether oxygens (including phenoxy) is 4. The standard InChI is InChI=1S/C23H24N2O5S/c1-13-11-15(5-7-17(13)27-3)21-20(22(26)28-4)14(2)25(23(31)24-21)16-6-8-18-19(12-16)30-10-9-29-18/h5-8,11-12,21H,9-10H2,1-4H3,(H,24,31)/t21-/m0/s1. The lowest BCUT2D eigenvalue weighted by Crippen LogP contribution is -2.48. The minimum Gasteiger partial charge on any atom is -0.496 e. The molecular weight excluding hydrogens is 416 g/mol. The molecule has 0 fully saturated rings. The Morgan fingerprint density at radius 3 is 2.52 bits per heavy atom. The number of benzene rings is 2. The van der Waals surface area contributed by atoms with E-state index < -0.39 is 12.0 Å². The van der Waals surface area contributed by atoms with Crippen LogP contribution in [0.4, 0.5) is 5.69 Å². The van der Waals surface area contributed by atoms with Gasteiger partial charge in [-0.25, -0.2) is 4.79 Å². The second kappa shape index (κ2) is 8.47. The minimum atomic E-state index is -0.446. The molecule has 0 aliphatic carbocycles. The van der Waals surface area contributed by atoms with Crippen LogP contribution in [0.25, 0.3) is 0 Å². The smallest absolute Gasteiger partial charge is 0.337 e. The maximum absolute atomic E-state index is 12.8. The van der Waals surface area contributed by atoms with Gasteiger partial charge >= 0.3 is 5.97 Å². The second-order valence-electron chi connectivity index (χ2n) is 7.27. The number of hydrogen-bond acceptors (Lipinski definition) is 6. The van der Waals surface area contributed by atoms with Gasteiger partial charge in [0.15, 0.2) is 16.6 Å². The number of aryl methyl sites for hydroxylation is 1. The van der Waals surface area contributed by atoms with Crippen molar-refractivity contribution >= 4 is 29.0 Å². The highest BCUT2D eigenvalue weighted by molar-refractivity contribution is 7.80. The Hall–Kier alpha value is -3.26. The molecule has 31 heavy (non-hydrogen) atoms. The van der Waals surface area contributed by atoms with E-state index in [2.05, 4.69) is 5.32 Å². The van der Waals surface area contributed by atoms with E-state index in [4.69, 9.17) is 31.2 Å². The van der Waals surface area contributed by atoms with Gasteiger partial charge in [-0.3, -0.25) is 4.90 Å². The third kappa shape index (κ3) is 3.79. The zero-order valence-corrected chi connectivity index (χ0v) is 18.7. The maximum Gasteiger partial charge on any atom is 0.337 e. The molecule has 162 valence electrons. The molecule has 4 rings (SSSR count). The summed E-state index contributed by atoms with van der Waals surface area (Å²) in [4.78, 5) is 14.6. The lowest BCUT2D eigenvalue weighted by Gasteiger charge is -2.37. The Balaban J connectivity index is 1.79. The number of hydrogen-bond donors (Lipinski definition) is 1. The number of nitrogens with one attached hydrogen (secondary N) is 1. The summed E-state index contributed by atoms with van der Waals surface area (Å²) in [6.45, 7) is 4.82. The molecule has 8 heteroatoms. The number of thiocarbonyl (C=S) groups is 1. The van der Waals surface area contributed by atoms with Gasteiger partial charge in [-0.1, -0.05) is 6.07 Å². The third-order valence-corrected chi connectivity index (χ3v) is 5.73. The van der Waals surface area contributed by atoms with Crippen molar-refractivity contribution in [2.75, 3.05) is 32.3 Å². The van der Waals surface area contributed by atoms with Crippen molar-refractivity contribution in [3.8, 4) is 17.2 Å². The van der Waals surface area contributed by atoms with Crippen LogP contribution < -0.4 is 24.4 Å². The normalized spacial score (nSPS) is 17.9. The summed E-state index contributed by atoms with van der Waals surface area (Å²) in [6, 6.07) is 10.9. The highest BCUT2D eigenvalue weighted by Gasteiger charge is 2.35. The molecule has 0 spiro atoms. The van der Waals surface area contributed by atoms with Gasteiger partial charge in [0, 0.05) is 11.8 Å². The third-order valence-electron chi connectivity index (χ3n) is 5.43. The first kappa shape index (κ1) is 21.0. The van der Waals surface area contributed by atoms with E-state index in [9.17, 15) is 4.79 Å². The molecule has 0 aromatic heterocycles. The van der Waals surface area contributed by atoms with Crippen molar-refractivity contribution in [2.24, 2.45) is 0 Å². The zero-order valence-electron chi connectivity index (χ0n) is 17.9. The van der Waals surface area contributed by atoms with Gasteiger partial charge in [-0.2, -0.15) is 0 Å². The monoisotopic (exact) mass is 440 g/mol. The number of esters is 1. The Morgan fingerprint density at radius 2 is 1.84 bits per heavy atom. The van der Waals surface area contributed by atoms with Crippen LogP contribution in [0.2, 0.25) is 0 Å². The van der Waals surface area contributed by atoms with Gasteiger partial charge in [0.25, 0.3) is 0 Å². The van der Waals surface area contributed by atoms with E-state index in [0.717, 1.165) is 22.6 Å². The van der Waals surface area contributed by atoms with Crippen molar-refractivity contribution < 1.29 is 23.7 Å². The lowest BCUT2D eigenvalue weighted by atomic mass is 9.93. The number of carbonyl (C=O) groups excluding carboxylic acids is 1. The van der Waals surface area contributed by atoms with Crippen LogP contribution in [0.3, 0.4) is 0 Å². The van der Waals surface area contributed by atoms with E-state index in [1.165, 1.54) is 7.11 Å². The highest BCUT2D eigenvalue weighted by atomic mass is 32.1. The number of nitrogens with zero attached hydrogens (tertiary/aromatic N) is 1. The molecule has 0 saturated carbocycles. The lowest BCUT2D eigenvalue weighted by molar-refractivity contribution is -0.136. The molecule has 0 saturated heterocycles. The van der Waals surface area contributed by atoms with Gasteiger partial charge in [-0.05, 0) is 61.5 Å². The molecule has 2 aliphatic heterocycles. The number of methoxy groups -OCH3 is 2. The van der Waals surface area contributed by atoms with E-state index >= 15 is 0 Å². The topological polar surface area (TPSA) is 69.3 Å². The molecular formula is C23H24N2O5S. The number of anilines is 1. The summed E-state index contributed by atoms with van der Waals surface area (Å²) < 4.78 is 21.8. The summed E-state index contributed by atoms with van der Waals surface area (Å²) in [5, 5.41) is 3.78. The van der Waals surface area contributed by atoms with E-state index in [1.807, 2.05) is 55.1 Å². The van der Waals surface area contributed by atoms with Gasteiger partial charge in [0.05, 0.1) is 31.5 Å². The van der Waals surface area contributed by atoms with Crippen molar-refractivity contribution in [1.29, 1.82) is 0 Å². The Morgan fingerprint density at radius 1 is 1.10 bits per heavy atom. The summed E-state index contributed by atoms with van der Waals surface area (Å²) in [5.74, 6) is 1.69. The fourth-order valence-corrected chi connectivity index (χ4v) is 4.29. The van der Waals surface area contributed by atoms with Gasteiger partial charge in [0.1, 0.15) is 19.0 Å². The SMILES string of the molecule is COC(=O)C1=C(C)N(c2ccc3c(c2)OCCO3)C(=S)N[C@H]1c1ccc(OC)c(C)c1. The van der Waals surface area contributed by atoms with Crippen LogP contribution in [0, 0.1) is 6.92 Å². The van der Waals surface area contributed by atoms with Crippen molar-refractivity contribution in [1.82, 2.24) is 5.32 Å². The Labute approximate surface area is 186 Å². The summed E-state index contributed by atoms with van der Waals surface area (Å²) >= 11 is 5.71. The highest BCUT2D eigenvalue weighted by Crippen LogP contribution is 2.39. The molecule has 2 aliphatic rings. The minimum absolute atomic E-state index is 0.423. The van der Waals surface area contributed by atoms with Crippen LogP contribution in [-0.2, 0) is 9.53 Å². The molecule has 0 radical (unpaired) electrons. The number of carbonyl (C=O) groups is 1. The van der Waals surface area contributed by atoms with Crippen LogP contribution in [-0.4, -0.2) is 38.5 Å². The summed E-state index contributed by atoms with van der Waals surface area (Å²) in [5.41, 5.74) is 3.79. The molecule has 0 bridgehead atoms. The van der Waals surface area contributed by atoms with Crippen LogP contribution in [0.15, 0.2) is 47.7 Å². The van der Waals surface area contributed by atoms with Crippen molar-refractivity contribution in [3.63, 3.8) is 0 Å². The second-order valence-corrected chi connectivity index (χ2v) is 7.65. The van der Waals surface area contributed by atoms with E-state index in [1.54, 1.807) is 7.11 Å². The molecule has 7 nitrogen and oxygen atoms in total. The number of rotatable bonds is 4. The van der Waals surface area contributed by atoms with Crippen molar-refractivity contribution in [3.05, 3.63) is 58.8 Å². The van der Waals surface area contributed by atoms with E-state index in [-0.39, 0.29) is 0 Å². The van der Waals surface area contributed by atoms with Gasteiger partial charge < -0.3 is 24.3 Å². The zero-order chi connectivity index (χ0) is 22.1. The fraction of sp³-hybridized carbons (Fsp3) is 0.304. The summed E-state index contributed by atoms with van der Waals surface area (Å²) in [6.07, 6.45) is 0. The number of fused-ring (bicyclic) bond motifs is 1. The first-order chi connectivity index (χ1) is 14.9. The first-order valence-corrected chi connectivity index (χ1v) is 10.3. The first-order valence-electron chi connectivity index (χ1n) is 9.88. The Bertz CT molecular complexity index is 1080. The Kier molecular flexibility index (Phi) is 5.73. The average molecular weight is 441 g/mol. The molecule has 1 N–H and O–H groups in total. The summed E-state index contributed by atoms with van der Waals surface area (Å²) in [7, 11) is 3.01. The van der Waals surface area contributed by atoms with E-state index in [0.29, 0.717) is 41.1 Å². The van der Waals surface area contributed by atoms with Crippen LogP contribution in [0.5, 0.6) is 17.2 Å². The molecule has 2 aromatic carbocycles. The quantitative estimate of drug-likeness (QED) is 0.571. The average Bonchev–Trinajstić information content (AvgIpc) is 2.78.